The van der Waals surface area contributed by atoms with Gasteiger partial charge in [0.2, 0.25) is 0 Å². The van der Waals surface area contributed by atoms with Crippen molar-refractivity contribution in [3.8, 4) is 11.1 Å². The number of para-hydroxylation sites is 1. The van der Waals surface area contributed by atoms with Gasteiger partial charge in [0, 0.05) is 21.8 Å². The van der Waals surface area contributed by atoms with Gasteiger partial charge in [0.15, 0.2) is 0 Å². The van der Waals surface area contributed by atoms with Crippen molar-refractivity contribution in [2.75, 3.05) is 10.6 Å². The molecule has 136 valence electrons. The minimum atomic E-state index is -0.576. The fourth-order valence-corrected chi connectivity index (χ4v) is 3.96. The van der Waals surface area contributed by atoms with Crippen molar-refractivity contribution in [3.05, 3.63) is 75.2 Å². The smallest absolute Gasteiger partial charge is 0.419 e. The van der Waals surface area contributed by atoms with Gasteiger partial charge in [-0.15, -0.1) is 0 Å². The van der Waals surface area contributed by atoms with E-state index in [0.29, 0.717) is 32.1 Å². The number of nitrogen functional groups attached to an aromatic ring is 1. The number of ether oxygens (including phenoxy) is 1. The van der Waals surface area contributed by atoms with Crippen molar-refractivity contribution in [2.24, 2.45) is 0 Å². The lowest BCUT2D eigenvalue weighted by Gasteiger charge is -2.32. The summed E-state index contributed by atoms with van der Waals surface area (Å²) in [5.41, 5.74) is 9.89. The standard InChI is InChI=1S/C20H13Cl3N2O2/c21-15-5-2-1-4-12(15)13-8-11(24)9-18-14(13)10-27-20(26)25(18)19-16(22)6-3-7-17(19)23/h1-9H,10,24H2. The summed E-state index contributed by atoms with van der Waals surface area (Å²) in [7, 11) is 0. The highest BCUT2D eigenvalue weighted by Crippen LogP contribution is 2.45. The molecule has 0 aromatic heterocycles. The third-order valence-corrected chi connectivity index (χ3v) is 5.28. The van der Waals surface area contributed by atoms with Gasteiger partial charge in [0.05, 0.1) is 21.4 Å². The van der Waals surface area contributed by atoms with E-state index in [1.165, 1.54) is 4.90 Å². The molecule has 2 N–H and O–H groups in total. The number of anilines is 3. The third kappa shape index (κ3) is 3.10. The fraction of sp³-hybridized carbons (Fsp3) is 0.0500. The summed E-state index contributed by atoms with van der Waals surface area (Å²) in [6.45, 7) is 0.0908. The number of nitrogens with zero attached hydrogens (tertiary/aromatic N) is 1. The molecular weight excluding hydrogens is 407 g/mol. The fourth-order valence-electron chi connectivity index (χ4n) is 3.16. The van der Waals surface area contributed by atoms with E-state index in [1.54, 1.807) is 30.3 Å². The van der Waals surface area contributed by atoms with Gasteiger partial charge in [-0.2, -0.15) is 0 Å². The molecule has 3 aromatic carbocycles. The van der Waals surface area contributed by atoms with Gasteiger partial charge >= 0.3 is 6.09 Å². The molecule has 4 nitrogen and oxygen atoms in total. The molecule has 0 unspecified atom stereocenters. The first-order valence-electron chi connectivity index (χ1n) is 8.05. The number of hydrogen-bond donors (Lipinski definition) is 1. The molecular formula is C20H13Cl3N2O2. The number of carbonyl (C=O) groups is 1. The van der Waals surface area contributed by atoms with E-state index < -0.39 is 6.09 Å². The predicted octanol–water partition coefficient (Wildman–Crippen LogP) is 6.68. The Kier molecular flexibility index (Phi) is 4.64. The molecule has 0 fully saturated rings. The maximum atomic E-state index is 12.6. The van der Waals surface area contributed by atoms with Crippen LogP contribution in [0.5, 0.6) is 0 Å². The number of amides is 1. The number of halogens is 3. The summed E-state index contributed by atoms with van der Waals surface area (Å²) in [6.07, 6.45) is -0.576. The second-order valence-electron chi connectivity index (χ2n) is 6.01. The zero-order valence-corrected chi connectivity index (χ0v) is 16.1. The monoisotopic (exact) mass is 418 g/mol. The molecule has 1 aliphatic rings. The number of benzene rings is 3. The Bertz CT molecular complexity index is 1050. The van der Waals surface area contributed by atoms with E-state index in [4.69, 9.17) is 45.3 Å². The van der Waals surface area contributed by atoms with E-state index in [2.05, 4.69) is 0 Å². The highest BCUT2D eigenvalue weighted by atomic mass is 35.5. The predicted molar refractivity (Wildman–Crippen MR) is 110 cm³/mol. The molecule has 1 aliphatic heterocycles. The van der Waals surface area contributed by atoms with Crippen LogP contribution >= 0.6 is 34.8 Å². The number of carbonyl (C=O) groups excluding carboxylic acids is 1. The molecule has 0 atom stereocenters. The van der Waals surface area contributed by atoms with Gasteiger partial charge in [0.25, 0.3) is 0 Å². The molecule has 7 heteroatoms. The number of hydrogen-bond acceptors (Lipinski definition) is 3. The summed E-state index contributed by atoms with van der Waals surface area (Å²) in [5, 5.41) is 1.23. The first kappa shape index (κ1) is 18.0. The van der Waals surface area contributed by atoms with Crippen LogP contribution in [0.3, 0.4) is 0 Å². The summed E-state index contributed by atoms with van der Waals surface area (Å²) < 4.78 is 5.41. The molecule has 0 saturated carbocycles. The van der Waals surface area contributed by atoms with Crippen LogP contribution in [0.2, 0.25) is 15.1 Å². The van der Waals surface area contributed by atoms with E-state index >= 15 is 0 Å². The van der Waals surface area contributed by atoms with E-state index in [1.807, 2.05) is 24.3 Å². The van der Waals surface area contributed by atoms with Gasteiger partial charge < -0.3 is 10.5 Å². The van der Waals surface area contributed by atoms with Crippen molar-refractivity contribution in [3.63, 3.8) is 0 Å². The van der Waals surface area contributed by atoms with Gasteiger partial charge in [-0.1, -0.05) is 59.1 Å². The molecule has 1 amide bonds. The Morgan fingerprint density at radius 3 is 2.26 bits per heavy atom. The Labute approximate surface area is 171 Å². The van der Waals surface area contributed by atoms with Crippen LogP contribution in [0.4, 0.5) is 21.9 Å². The maximum absolute atomic E-state index is 12.6. The van der Waals surface area contributed by atoms with Gasteiger partial charge in [-0.25, -0.2) is 9.69 Å². The first-order valence-corrected chi connectivity index (χ1v) is 9.19. The summed E-state index contributed by atoms with van der Waals surface area (Å²) in [5.74, 6) is 0. The molecule has 3 aromatic rings. The Morgan fingerprint density at radius 2 is 1.56 bits per heavy atom. The quantitative estimate of drug-likeness (QED) is 0.471. The van der Waals surface area contributed by atoms with Crippen molar-refractivity contribution in [1.82, 2.24) is 0 Å². The number of nitrogens with two attached hydrogens (primary N) is 1. The van der Waals surface area contributed by atoms with Crippen LogP contribution in [0.25, 0.3) is 11.1 Å². The van der Waals surface area contributed by atoms with Gasteiger partial charge in [-0.3, -0.25) is 0 Å². The van der Waals surface area contributed by atoms with Crippen LogP contribution in [-0.4, -0.2) is 6.09 Å². The molecule has 0 spiro atoms. The SMILES string of the molecule is Nc1cc(-c2ccccc2Cl)c2c(c1)N(c1c(Cl)cccc1Cl)C(=O)OC2. The van der Waals surface area contributed by atoms with Gasteiger partial charge in [0.1, 0.15) is 6.61 Å². The van der Waals surface area contributed by atoms with Crippen molar-refractivity contribution >= 4 is 58.0 Å². The van der Waals surface area contributed by atoms with Gasteiger partial charge in [-0.05, 0) is 35.9 Å². The lowest BCUT2D eigenvalue weighted by molar-refractivity contribution is 0.145. The highest BCUT2D eigenvalue weighted by Gasteiger charge is 2.32. The normalized spacial score (nSPS) is 13.3. The molecule has 0 bridgehead atoms. The molecule has 4 rings (SSSR count). The number of rotatable bonds is 2. The lowest BCUT2D eigenvalue weighted by Crippen LogP contribution is -2.32. The zero-order valence-electron chi connectivity index (χ0n) is 13.9. The molecule has 0 radical (unpaired) electrons. The Balaban J connectivity index is 1.99. The van der Waals surface area contributed by atoms with E-state index in [0.717, 1.165) is 16.7 Å². The Morgan fingerprint density at radius 1 is 0.889 bits per heavy atom. The zero-order chi connectivity index (χ0) is 19.1. The van der Waals surface area contributed by atoms with Crippen LogP contribution in [0.1, 0.15) is 5.56 Å². The minimum absolute atomic E-state index is 0.0908. The summed E-state index contributed by atoms with van der Waals surface area (Å²) in [6, 6.07) is 16.0. The second kappa shape index (κ2) is 6.97. The third-order valence-electron chi connectivity index (χ3n) is 4.34. The molecule has 0 saturated heterocycles. The summed E-state index contributed by atoms with van der Waals surface area (Å²) in [4.78, 5) is 14.0. The van der Waals surface area contributed by atoms with E-state index in [9.17, 15) is 4.79 Å². The number of fused-ring (bicyclic) bond motifs is 1. The minimum Gasteiger partial charge on any atom is -0.444 e. The largest absolute Gasteiger partial charge is 0.444 e. The Hall–Kier alpha value is -2.40. The average Bonchev–Trinajstić information content (AvgIpc) is 2.63. The number of cyclic esters (lactones) is 1. The van der Waals surface area contributed by atoms with Crippen LogP contribution in [0, 0.1) is 0 Å². The summed E-state index contributed by atoms with van der Waals surface area (Å²) >= 11 is 19.0. The molecule has 27 heavy (non-hydrogen) atoms. The highest BCUT2D eigenvalue weighted by molar-refractivity contribution is 6.40. The van der Waals surface area contributed by atoms with Crippen molar-refractivity contribution < 1.29 is 9.53 Å². The van der Waals surface area contributed by atoms with Crippen LogP contribution < -0.4 is 10.6 Å². The topological polar surface area (TPSA) is 55.6 Å². The average molecular weight is 420 g/mol. The van der Waals surface area contributed by atoms with Crippen LogP contribution in [0.15, 0.2) is 54.6 Å². The van der Waals surface area contributed by atoms with Crippen LogP contribution in [-0.2, 0) is 11.3 Å². The van der Waals surface area contributed by atoms with Crippen molar-refractivity contribution in [1.29, 1.82) is 0 Å². The maximum Gasteiger partial charge on any atom is 0.419 e. The molecule has 0 aliphatic carbocycles. The lowest BCUT2D eigenvalue weighted by atomic mass is 9.96. The second-order valence-corrected chi connectivity index (χ2v) is 7.23. The molecule has 1 heterocycles. The van der Waals surface area contributed by atoms with E-state index in [-0.39, 0.29) is 6.61 Å². The van der Waals surface area contributed by atoms with Crippen molar-refractivity contribution in [2.45, 2.75) is 6.61 Å². The first-order chi connectivity index (χ1) is 13.0.